The number of carbonyl (C=O) groups is 2. The van der Waals surface area contributed by atoms with Gasteiger partial charge < -0.3 is 23.5 Å². The van der Waals surface area contributed by atoms with Crippen LogP contribution in [-0.4, -0.2) is 49.3 Å². The molecule has 0 N–H and O–H groups in total. The summed E-state index contributed by atoms with van der Waals surface area (Å²) >= 11 is 0. The molecule has 0 spiro atoms. The minimum atomic E-state index is -5.77. The van der Waals surface area contributed by atoms with Crippen molar-refractivity contribution in [2.75, 3.05) is 13.2 Å². The third-order valence-corrected chi connectivity index (χ3v) is 9.18. The van der Waals surface area contributed by atoms with Gasteiger partial charge in [0.2, 0.25) is 10.7 Å². The van der Waals surface area contributed by atoms with Crippen LogP contribution in [0.15, 0.2) is 98.4 Å². The molecule has 0 aliphatic heterocycles. The molecule has 0 aliphatic rings. The molecule has 0 atom stereocenters. The number of carbonyl (C=O) groups excluding carboxylic acids is 2. The summed E-state index contributed by atoms with van der Waals surface area (Å²) in [6.07, 6.45) is 0. The first-order valence-corrected chi connectivity index (χ1v) is 17.9. The van der Waals surface area contributed by atoms with E-state index in [9.17, 15) is 44.5 Å². The van der Waals surface area contributed by atoms with Gasteiger partial charge in [-0.1, -0.05) is 36.4 Å². The fourth-order valence-electron chi connectivity index (χ4n) is 4.19. The first kappa shape index (κ1) is 41.7. The van der Waals surface area contributed by atoms with Crippen LogP contribution in [0.3, 0.4) is 0 Å². The molecular weight excluding hydrogens is 736 g/mol. The van der Waals surface area contributed by atoms with Gasteiger partial charge in [0.1, 0.15) is 42.9 Å². The first-order valence-electron chi connectivity index (χ1n) is 15.2. The SMILES string of the molecule is CC(C)(C)OC(=O)COc1ccc([S+](c2ccccc2)c2ccccc2)c(OCC(=O)OC(C)(C)C)c1.O=S(=O)([O-])c1c(F)c(F)c(F)c(F)c1F. The summed E-state index contributed by atoms with van der Waals surface area (Å²) in [6, 6.07) is 25.6. The molecule has 9 nitrogen and oxygen atoms in total. The van der Waals surface area contributed by atoms with Gasteiger partial charge in [-0.3, -0.25) is 0 Å². The van der Waals surface area contributed by atoms with Crippen LogP contribution < -0.4 is 9.47 Å². The van der Waals surface area contributed by atoms with Crippen molar-refractivity contribution < 1.29 is 63.5 Å². The Hall–Kier alpha value is -4.67. The molecule has 0 fully saturated rings. The largest absolute Gasteiger partial charge is 0.744 e. The first-order chi connectivity index (χ1) is 24.1. The van der Waals surface area contributed by atoms with Gasteiger partial charge in [0.25, 0.3) is 0 Å². The number of benzene rings is 4. The van der Waals surface area contributed by atoms with Crippen LogP contribution >= 0.6 is 0 Å². The normalized spacial score (nSPS) is 11.7. The maximum absolute atomic E-state index is 12.6. The van der Waals surface area contributed by atoms with Crippen LogP contribution in [0, 0.1) is 29.1 Å². The average Bonchev–Trinajstić information content (AvgIpc) is 3.04. The van der Waals surface area contributed by atoms with Gasteiger partial charge in [-0.05, 0) is 71.9 Å². The zero-order valence-electron chi connectivity index (χ0n) is 28.8. The number of hydrogen-bond donors (Lipinski definition) is 0. The summed E-state index contributed by atoms with van der Waals surface area (Å²) in [5, 5.41) is 0. The van der Waals surface area contributed by atoms with Crippen molar-refractivity contribution in [2.24, 2.45) is 0 Å². The Morgan fingerprint density at radius 1 is 0.635 bits per heavy atom. The Morgan fingerprint density at radius 2 is 1.04 bits per heavy atom. The minimum absolute atomic E-state index is 0.245. The highest BCUT2D eigenvalue weighted by Crippen LogP contribution is 2.38. The van der Waals surface area contributed by atoms with Gasteiger partial charge in [0.15, 0.2) is 52.0 Å². The number of hydrogen-bond acceptors (Lipinski definition) is 9. The number of ether oxygens (including phenoxy) is 4. The van der Waals surface area contributed by atoms with Crippen molar-refractivity contribution in [2.45, 2.75) is 72.3 Å². The minimum Gasteiger partial charge on any atom is -0.744 e. The second-order valence-electron chi connectivity index (χ2n) is 12.6. The Bertz CT molecular complexity index is 1910. The Kier molecular flexibility index (Phi) is 13.8. The van der Waals surface area contributed by atoms with Gasteiger partial charge in [-0.25, -0.2) is 40.0 Å². The zero-order chi connectivity index (χ0) is 39.0. The monoisotopic (exact) mass is 770 g/mol. The molecule has 0 heterocycles. The highest BCUT2D eigenvalue weighted by Gasteiger charge is 2.33. The molecule has 4 rings (SSSR count). The summed E-state index contributed by atoms with van der Waals surface area (Å²) < 4.78 is 115. The van der Waals surface area contributed by atoms with Crippen molar-refractivity contribution in [1.29, 1.82) is 0 Å². The van der Waals surface area contributed by atoms with E-state index in [1.54, 1.807) is 32.9 Å². The van der Waals surface area contributed by atoms with Gasteiger partial charge >= 0.3 is 11.9 Å². The molecule has 0 amide bonds. The van der Waals surface area contributed by atoms with Crippen molar-refractivity contribution in [3.63, 3.8) is 0 Å². The lowest BCUT2D eigenvalue weighted by Crippen LogP contribution is -2.27. The number of rotatable bonds is 10. The smallest absolute Gasteiger partial charge is 0.344 e. The van der Waals surface area contributed by atoms with E-state index in [0.717, 1.165) is 14.7 Å². The molecule has 0 saturated heterocycles. The van der Waals surface area contributed by atoms with E-state index in [2.05, 4.69) is 24.3 Å². The van der Waals surface area contributed by atoms with Gasteiger partial charge in [-0.2, -0.15) is 0 Å². The molecule has 4 aromatic rings. The standard InChI is InChI=1S/C30H35O6S.C6HF5O3S/c1-29(2,3)35-27(31)20-33-22-17-18-26(25(19-22)34-21-28(32)36-30(4,5)6)37(23-13-9-7-10-14-23)24-15-11-8-12-16-24;7-1-2(8)4(10)6(15(12,13)14)5(11)3(1)9/h7-19H,20-21H2,1-6H3;(H,12,13,14)/q+1;/p-1. The van der Waals surface area contributed by atoms with Crippen LogP contribution in [0.1, 0.15) is 41.5 Å². The third kappa shape index (κ3) is 12.0. The summed E-state index contributed by atoms with van der Waals surface area (Å²) in [5.41, 5.74) is -1.23. The van der Waals surface area contributed by atoms with Crippen LogP contribution in [0.25, 0.3) is 0 Å². The lowest BCUT2D eigenvalue weighted by Gasteiger charge is -2.20. The van der Waals surface area contributed by atoms with E-state index >= 15 is 0 Å². The van der Waals surface area contributed by atoms with Crippen LogP contribution in [0.4, 0.5) is 22.0 Å². The molecule has 4 aromatic carbocycles. The van der Waals surface area contributed by atoms with Crippen molar-refractivity contribution >= 4 is 33.0 Å². The summed E-state index contributed by atoms with van der Waals surface area (Å²) in [7, 11) is -6.29. The Labute approximate surface area is 300 Å². The molecule has 0 radical (unpaired) electrons. The predicted molar refractivity (Wildman–Crippen MR) is 178 cm³/mol. The van der Waals surface area contributed by atoms with E-state index in [0.29, 0.717) is 11.5 Å². The van der Waals surface area contributed by atoms with Crippen molar-refractivity contribution in [3.05, 3.63) is 108 Å². The van der Waals surface area contributed by atoms with Crippen molar-refractivity contribution in [1.82, 2.24) is 0 Å². The van der Waals surface area contributed by atoms with E-state index in [4.69, 9.17) is 18.9 Å². The lowest BCUT2D eigenvalue weighted by molar-refractivity contribution is -0.158. The second kappa shape index (κ2) is 17.2. The molecular formula is C36H35F5O9S2. The van der Waals surface area contributed by atoms with E-state index in [-0.39, 0.29) is 13.2 Å². The fraction of sp³-hybridized carbons (Fsp3) is 0.278. The molecule has 52 heavy (non-hydrogen) atoms. The third-order valence-electron chi connectivity index (χ3n) is 6.05. The van der Waals surface area contributed by atoms with Crippen LogP contribution in [0.5, 0.6) is 11.5 Å². The highest BCUT2D eigenvalue weighted by atomic mass is 32.2. The van der Waals surface area contributed by atoms with E-state index < -0.39 is 78.1 Å². The van der Waals surface area contributed by atoms with Gasteiger partial charge in [-0.15, -0.1) is 0 Å². The molecule has 16 heteroatoms. The molecule has 0 bridgehead atoms. The predicted octanol–water partition coefficient (Wildman–Crippen LogP) is 7.51. The molecule has 280 valence electrons. The Balaban J connectivity index is 0.000000406. The van der Waals surface area contributed by atoms with Crippen LogP contribution in [0.2, 0.25) is 0 Å². The number of esters is 2. The van der Waals surface area contributed by atoms with Crippen molar-refractivity contribution in [3.8, 4) is 11.5 Å². The van der Waals surface area contributed by atoms with Gasteiger partial charge in [0.05, 0.1) is 0 Å². The summed E-state index contributed by atoms with van der Waals surface area (Å²) in [6.45, 7) is 10.3. The molecule has 0 unspecified atom stereocenters. The highest BCUT2D eigenvalue weighted by molar-refractivity contribution is 7.97. The Morgan fingerprint density at radius 3 is 1.44 bits per heavy atom. The topological polar surface area (TPSA) is 128 Å². The molecule has 0 aromatic heterocycles. The fourth-order valence-corrected chi connectivity index (χ4v) is 6.97. The quantitative estimate of drug-likeness (QED) is 0.0402. The number of halogens is 5. The van der Waals surface area contributed by atoms with E-state index in [1.807, 2.05) is 63.2 Å². The molecule has 0 saturated carbocycles. The average molecular weight is 771 g/mol. The zero-order valence-corrected chi connectivity index (χ0v) is 30.4. The van der Waals surface area contributed by atoms with Gasteiger partial charge in [0, 0.05) is 12.1 Å². The van der Waals surface area contributed by atoms with Crippen LogP contribution in [-0.2, 0) is 40.1 Å². The maximum atomic E-state index is 12.6. The van der Waals surface area contributed by atoms with E-state index in [1.165, 1.54) is 0 Å². The maximum Gasteiger partial charge on any atom is 0.344 e. The summed E-state index contributed by atoms with van der Waals surface area (Å²) in [4.78, 5) is 25.3. The molecule has 0 aliphatic carbocycles. The summed E-state index contributed by atoms with van der Waals surface area (Å²) in [5.74, 6) is -12.9. The lowest BCUT2D eigenvalue weighted by atomic mass is 10.2. The second-order valence-corrected chi connectivity index (χ2v) is 16.0.